The summed E-state index contributed by atoms with van der Waals surface area (Å²) in [6, 6.07) is 11.0. The summed E-state index contributed by atoms with van der Waals surface area (Å²) >= 11 is 7.75. The number of thioether (sulfide) groups is 1. The van der Waals surface area contributed by atoms with E-state index in [4.69, 9.17) is 21.1 Å². The fourth-order valence-electron chi connectivity index (χ4n) is 3.07. The molecular weight excluding hydrogens is 424 g/mol. The molecule has 1 aromatic heterocycles. The van der Waals surface area contributed by atoms with Gasteiger partial charge in [-0.25, -0.2) is 0 Å². The van der Waals surface area contributed by atoms with E-state index in [2.05, 4.69) is 27.4 Å². The molecule has 1 atom stereocenters. The van der Waals surface area contributed by atoms with E-state index in [9.17, 15) is 5.11 Å². The lowest BCUT2D eigenvalue weighted by atomic mass is 10.1. The molecule has 0 saturated carbocycles. The summed E-state index contributed by atoms with van der Waals surface area (Å²) < 4.78 is 11.5. The summed E-state index contributed by atoms with van der Waals surface area (Å²) in [5.41, 5.74) is 2.91. The van der Waals surface area contributed by atoms with Crippen LogP contribution < -0.4 is 14.8 Å². The number of anilines is 1. The summed E-state index contributed by atoms with van der Waals surface area (Å²) in [6.07, 6.45) is 1.56. The highest BCUT2D eigenvalue weighted by molar-refractivity contribution is 7.99. The molecule has 4 rings (SSSR count). The number of fused-ring (bicyclic) bond motifs is 3. The monoisotopic (exact) mass is 444 g/mol. The lowest BCUT2D eigenvalue weighted by Gasteiger charge is -2.20. The second-order valence-electron chi connectivity index (χ2n) is 6.69. The number of benzene rings is 2. The molecule has 0 aliphatic carbocycles. The Hall–Kier alpha value is -2.71. The van der Waals surface area contributed by atoms with Crippen LogP contribution in [0.4, 0.5) is 5.69 Å². The first kappa shape index (κ1) is 20.6. The van der Waals surface area contributed by atoms with Crippen LogP contribution in [0.15, 0.2) is 41.6 Å². The average molecular weight is 445 g/mol. The highest BCUT2D eigenvalue weighted by atomic mass is 35.5. The van der Waals surface area contributed by atoms with Gasteiger partial charge in [-0.3, -0.25) is 0 Å². The molecule has 2 heterocycles. The van der Waals surface area contributed by atoms with Gasteiger partial charge in [0.2, 0.25) is 11.0 Å². The van der Waals surface area contributed by atoms with Crippen LogP contribution in [0.2, 0.25) is 5.02 Å². The van der Waals surface area contributed by atoms with E-state index in [0.717, 1.165) is 29.8 Å². The molecule has 0 radical (unpaired) electrons. The van der Waals surface area contributed by atoms with Gasteiger partial charge in [-0.2, -0.15) is 4.98 Å². The van der Waals surface area contributed by atoms with Crippen molar-refractivity contribution in [1.29, 1.82) is 0 Å². The van der Waals surface area contributed by atoms with Gasteiger partial charge in [-0.05, 0) is 24.6 Å². The third-order valence-corrected chi connectivity index (χ3v) is 5.85. The number of nitrogens with zero attached hydrogens (tertiary/aromatic N) is 3. The molecule has 0 saturated heterocycles. The summed E-state index contributed by atoms with van der Waals surface area (Å²) in [5, 5.41) is 22.9. The first-order valence-corrected chi connectivity index (χ1v) is 10.9. The van der Waals surface area contributed by atoms with Crippen LogP contribution in [0.1, 0.15) is 31.6 Å². The zero-order valence-corrected chi connectivity index (χ0v) is 18.1. The lowest BCUT2D eigenvalue weighted by molar-refractivity contribution is 0.224. The number of phenols is 1. The van der Waals surface area contributed by atoms with Crippen molar-refractivity contribution in [3.05, 3.63) is 47.0 Å². The van der Waals surface area contributed by atoms with Crippen molar-refractivity contribution in [3.63, 3.8) is 0 Å². The molecule has 2 N–H and O–H groups in total. The van der Waals surface area contributed by atoms with Crippen molar-refractivity contribution in [2.75, 3.05) is 18.2 Å². The van der Waals surface area contributed by atoms with E-state index in [1.54, 1.807) is 23.9 Å². The van der Waals surface area contributed by atoms with Gasteiger partial charge >= 0.3 is 0 Å². The molecule has 2 aromatic carbocycles. The van der Waals surface area contributed by atoms with Crippen molar-refractivity contribution in [3.8, 4) is 28.6 Å². The molecule has 1 aliphatic rings. The van der Waals surface area contributed by atoms with Crippen LogP contribution >= 0.6 is 23.4 Å². The Morgan fingerprint density at radius 3 is 2.90 bits per heavy atom. The Kier molecular flexibility index (Phi) is 6.15. The van der Waals surface area contributed by atoms with Gasteiger partial charge in [-0.15, -0.1) is 10.2 Å². The van der Waals surface area contributed by atoms with Crippen LogP contribution in [0, 0.1) is 0 Å². The van der Waals surface area contributed by atoms with Gasteiger partial charge in [0, 0.05) is 22.6 Å². The number of phenolic OH excluding ortho intramolecular Hbond substituents is 1. The maximum absolute atomic E-state index is 10.1. The van der Waals surface area contributed by atoms with Crippen molar-refractivity contribution >= 4 is 29.1 Å². The minimum Gasteiger partial charge on any atom is -0.503 e. The minimum atomic E-state index is -0.621. The molecule has 156 valence electrons. The third-order valence-electron chi connectivity index (χ3n) is 4.64. The first-order valence-electron chi connectivity index (χ1n) is 9.57. The highest BCUT2D eigenvalue weighted by Gasteiger charge is 2.27. The van der Waals surface area contributed by atoms with Gasteiger partial charge in [0.15, 0.2) is 23.4 Å². The Morgan fingerprint density at radius 2 is 2.10 bits per heavy atom. The number of nitrogens with one attached hydrogen (secondary N) is 1. The van der Waals surface area contributed by atoms with Crippen LogP contribution in [-0.4, -0.2) is 33.2 Å². The molecule has 9 heteroatoms. The largest absolute Gasteiger partial charge is 0.503 e. The number of methoxy groups -OCH3 is 1. The molecular formula is C21H21ClN4O3S. The Morgan fingerprint density at radius 1 is 1.27 bits per heavy atom. The topological polar surface area (TPSA) is 89.4 Å². The number of ether oxygens (including phenoxy) is 2. The fraction of sp³-hybridized carbons (Fsp3) is 0.286. The number of aromatic hydroxyl groups is 1. The van der Waals surface area contributed by atoms with Gasteiger partial charge in [-0.1, -0.05) is 54.9 Å². The van der Waals surface area contributed by atoms with Gasteiger partial charge in [0.1, 0.15) is 0 Å². The Labute approximate surface area is 183 Å². The van der Waals surface area contributed by atoms with Crippen LogP contribution in [-0.2, 0) is 0 Å². The van der Waals surface area contributed by atoms with Crippen LogP contribution in [0.3, 0.4) is 0 Å². The molecule has 3 aromatic rings. The van der Waals surface area contributed by atoms with Gasteiger partial charge in [0.25, 0.3) is 0 Å². The van der Waals surface area contributed by atoms with E-state index in [1.165, 1.54) is 7.11 Å². The molecule has 0 unspecified atom stereocenters. The summed E-state index contributed by atoms with van der Waals surface area (Å²) in [5.74, 6) is 1.45. The van der Waals surface area contributed by atoms with Crippen LogP contribution in [0.5, 0.6) is 17.4 Å². The second-order valence-corrected chi connectivity index (χ2v) is 8.16. The number of unbranched alkanes of at least 4 members (excludes halogenated alkanes) is 1. The molecule has 0 bridgehead atoms. The van der Waals surface area contributed by atoms with Crippen molar-refractivity contribution in [1.82, 2.24) is 15.2 Å². The molecule has 0 spiro atoms. The van der Waals surface area contributed by atoms with Crippen molar-refractivity contribution < 1.29 is 14.6 Å². The maximum atomic E-state index is 10.1. The lowest BCUT2D eigenvalue weighted by Crippen LogP contribution is -2.17. The molecule has 1 aliphatic heterocycles. The zero-order chi connectivity index (χ0) is 21.1. The number of hydrogen-bond donors (Lipinski definition) is 2. The summed E-state index contributed by atoms with van der Waals surface area (Å²) in [4.78, 5) is 4.62. The number of hydrogen-bond acceptors (Lipinski definition) is 8. The number of rotatable bonds is 6. The van der Waals surface area contributed by atoms with E-state index in [1.807, 2.05) is 24.3 Å². The smallest absolute Gasteiger partial charge is 0.247 e. The van der Waals surface area contributed by atoms with E-state index >= 15 is 0 Å². The molecule has 0 fully saturated rings. The molecule has 7 nitrogen and oxygen atoms in total. The molecule has 0 amide bonds. The van der Waals surface area contributed by atoms with Crippen molar-refractivity contribution in [2.45, 2.75) is 31.1 Å². The van der Waals surface area contributed by atoms with E-state index in [-0.39, 0.29) is 16.5 Å². The first-order chi connectivity index (χ1) is 14.6. The van der Waals surface area contributed by atoms with Crippen molar-refractivity contribution in [2.24, 2.45) is 0 Å². The quantitative estimate of drug-likeness (QED) is 0.391. The SMILES string of the molecule is CCCCSc1nnc2c(n1)O[C@@H](c1cc(Cl)c(O)c(OC)c1)Nc1ccccc1-2. The van der Waals surface area contributed by atoms with E-state index < -0.39 is 6.23 Å². The van der Waals surface area contributed by atoms with E-state index in [0.29, 0.717) is 22.3 Å². The summed E-state index contributed by atoms with van der Waals surface area (Å²) in [7, 11) is 1.47. The normalized spacial score (nSPS) is 14.7. The number of halogens is 1. The predicted octanol–water partition coefficient (Wildman–Crippen LogP) is 5.30. The highest BCUT2D eigenvalue weighted by Crippen LogP contribution is 2.42. The Bertz CT molecular complexity index is 1070. The summed E-state index contributed by atoms with van der Waals surface area (Å²) in [6.45, 7) is 2.14. The molecule has 30 heavy (non-hydrogen) atoms. The maximum Gasteiger partial charge on any atom is 0.247 e. The minimum absolute atomic E-state index is 0.115. The third kappa shape index (κ3) is 4.11. The van der Waals surface area contributed by atoms with Crippen LogP contribution in [0.25, 0.3) is 11.3 Å². The second kappa shape index (κ2) is 8.97. The van der Waals surface area contributed by atoms with Gasteiger partial charge < -0.3 is 19.9 Å². The number of aromatic nitrogens is 3. The fourth-order valence-corrected chi connectivity index (χ4v) is 4.15. The Balaban J connectivity index is 1.77. The zero-order valence-electron chi connectivity index (χ0n) is 16.6. The average Bonchev–Trinajstić information content (AvgIpc) is 2.92. The number of para-hydroxylation sites is 1. The van der Waals surface area contributed by atoms with Gasteiger partial charge in [0.05, 0.1) is 12.1 Å². The standard InChI is InChI=1S/C21H21ClN4O3S/c1-3-4-9-30-21-24-20-17(25-26-21)13-7-5-6-8-15(13)23-19(29-20)12-10-14(22)18(27)16(11-12)28-2/h5-8,10-11,19,23,27H,3-4,9H2,1-2H3/t19-/m0/s1. The predicted molar refractivity (Wildman–Crippen MR) is 118 cm³/mol.